The van der Waals surface area contributed by atoms with E-state index in [0.29, 0.717) is 53.3 Å². The topological polar surface area (TPSA) is 123 Å². The van der Waals surface area contributed by atoms with Gasteiger partial charge in [-0.25, -0.2) is 0 Å². The predicted molar refractivity (Wildman–Crippen MR) is 311 cm³/mol. The Bertz CT molecular complexity index is 3760. The highest BCUT2D eigenvalue weighted by molar-refractivity contribution is 6.50. The van der Waals surface area contributed by atoms with Crippen molar-refractivity contribution in [3.63, 3.8) is 0 Å². The molecule has 406 valence electrons. The molecule has 8 aromatic carbocycles. The van der Waals surface area contributed by atoms with Gasteiger partial charge in [0.05, 0.1) is 49.7 Å². The summed E-state index contributed by atoms with van der Waals surface area (Å²) in [6.07, 6.45) is -0.265. The summed E-state index contributed by atoms with van der Waals surface area (Å²) >= 11 is 0. The molecule has 0 aliphatic carbocycles. The first-order valence-electron chi connectivity index (χ1n) is 27.3. The number of carbonyl (C=O) groups is 2. The molecule has 4 heterocycles. The van der Waals surface area contributed by atoms with E-state index in [1.165, 1.54) is 11.9 Å². The summed E-state index contributed by atoms with van der Waals surface area (Å²) in [6, 6.07) is 71.6. The summed E-state index contributed by atoms with van der Waals surface area (Å²) in [7, 11) is 1.53. The summed E-state index contributed by atoms with van der Waals surface area (Å²) in [5, 5.41) is 1.45. The number of nitrogens with zero attached hydrogens (tertiary/aromatic N) is 2. The second-order valence-corrected chi connectivity index (χ2v) is 20.4. The van der Waals surface area contributed by atoms with Gasteiger partial charge in [0.2, 0.25) is 0 Å². The minimum atomic E-state index is -0.937. The molecule has 0 unspecified atom stereocenters. The van der Waals surface area contributed by atoms with Crippen molar-refractivity contribution in [1.82, 2.24) is 14.5 Å². The number of benzene rings is 8. The van der Waals surface area contributed by atoms with Gasteiger partial charge < -0.3 is 42.7 Å². The molecule has 0 bridgehead atoms. The van der Waals surface area contributed by atoms with Crippen LogP contribution in [0.4, 0.5) is 0 Å². The number of hydrogen-bond donors (Lipinski definition) is 1. The van der Waals surface area contributed by atoms with Gasteiger partial charge in [-0.15, -0.1) is 0 Å². The summed E-state index contributed by atoms with van der Waals surface area (Å²) in [5.74, 6) is 0.376. The molecule has 2 aromatic heterocycles. The lowest BCUT2D eigenvalue weighted by Gasteiger charge is -2.46. The first-order valence-corrected chi connectivity index (χ1v) is 27.3. The Morgan fingerprint density at radius 3 is 1.41 bits per heavy atom. The third kappa shape index (κ3) is 11.9. The lowest BCUT2D eigenvalue weighted by atomic mass is 9.95. The fourth-order valence-electron chi connectivity index (χ4n) is 10.7. The van der Waals surface area contributed by atoms with Crippen molar-refractivity contribution in [3.8, 4) is 11.5 Å². The Balaban J connectivity index is 1.01. The van der Waals surface area contributed by atoms with E-state index in [4.69, 9.17) is 33.2 Å². The van der Waals surface area contributed by atoms with Crippen LogP contribution < -0.4 is 9.47 Å². The van der Waals surface area contributed by atoms with Crippen molar-refractivity contribution in [1.29, 1.82) is 0 Å². The van der Waals surface area contributed by atoms with Crippen LogP contribution in [0.2, 0.25) is 0 Å². The maximum atomic E-state index is 15.0. The monoisotopic (exact) mass is 1080 g/mol. The number of H-pyrrole nitrogens is 1. The Kier molecular flexibility index (Phi) is 16.1. The molecule has 2 amide bonds. The van der Waals surface area contributed by atoms with Crippen LogP contribution >= 0.6 is 0 Å². The molecule has 10 aromatic rings. The Morgan fingerprint density at radius 2 is 0.889 bits per heavy atom. The van der Waals surface area contributed by atoms with Gasteiger partial charge in [0.25, 0.3) is 11.8 Å². The normalized spacial score (nSPS) is 18.3. The number of amides is 2. The molecule has 2 aliphatic rings. The molecule has 1 saturated heterocycles. The number of imide groups is 1. The minimum Gasteiger partial charge on any atom is -0.489 e. The Morgan fingerprint density at radius 1 is 0.457 bits per heavy atom. The number of likely N-dealkylation sites (N-methyl/N-ethyl adjacent to an activating group) is 1. The average Bonchev–Trinajstić information content (AvgIpc) is 3.68. The lowest BCUT2D eigenvalue weighted by Crippen LogP contribution is -2.59. The van der Waals surface area contributed by atoms with E-state index in [1.54, 1.807) is 6.20 Å². The number of hydrogen-bond acceptors (Lipinski definition) is 9. The van der Waals surface area contributed by atoms with E-state index in [-0.39, 0.29) is 37.6 Å². The van der Waals surface area contributed by atoms with Crippen LogP contribution in [-0.4, -0.2) is 64.3 Å². The molecule has 0 saturated carbocycles. The molecule has 12 heteroatoms. The first kappa shape index (κ1) is 52.8. The van der Waals surface area contributed by atoms with Gasteiger partial charge in [0.1, 0.15) is 49.1 Å². The Labute approximate surface area is 470 Å². The largest absolute Gasteiger partial charge is 0.489 e. The summed E-state index contributed by atoms with van der Waals surface area (Å²) in [6.45, 7) is 1.88. The van der Waals surface area contributed by atoms with E-state index in [0.717, 1.165) is 44.3 Å². The number of aromatic amines is 1. The highest BCUT2D eigenvalue weighted by Gasteiger charge is 2.50. The highest BCUT2D eigenvalue weighted by Crippen LogP contribution is 2.45. The number of carbonyl (C=O) groups excluding carboxylic acids is 2. The van der Waals surface area contributed by atoms with Gasteiger partial charge in [0.15, 0.2) is 6.23 Å². The maximum Gasteiger partial charge on any atom is 0.261 e. The van der Waals surface area contributed by atoms with Crippen molar-refractivity contribution in [3.05, 3.63) is 275 Å². The van der Waals surface area contributed by atoms with Gasteiger partial charge in [-0.05, 0) is 57.6 Å². The van der Waals surface area contributed by atoms with Crippen LogP contribution in [0, 0.1) is 0 Å². The molecule has 2 aliphatic heterocycles. The van der Waals surface area contributed by atoms with Crippen molar-refractivity contribution in [2.75, 3.05) is 13.7 Å². The third-order valence-corrected chi connectivity index (χ3v) is 14.9. The average molecular weight is 1080 g/mol. The Hall–Kier alpha value is -8.88. The summed E-state index contributed by atoms with van der Waals surface area (Å²) < 4.78 is 50.3. The van der Waals surface area contributed by atoms with Gasteiger partial charge in [-0.1, -0.05) is 182 Å². The lowest BCUT2D eigenvalue weighted by molar-refractivity contribution is -0.289. The fourth-order valence-corrected chi connectivity index (χ4v) is 10.7. The zero-order valence-corrected chi connectivity index (χ0v) is 44.8. The number of rotatable bonds is 22. The number of fused-ring (bicyclic) bond motifs is 2. The first-order chi connectivity index (χ1) is 39.9. The number of ether oxygens (including phenoxy) is 7. The molecule has 1 fully saturated rings. The molecule has 0 spiro atoms. The quantitative estimate of drug-likeness (QED) is 0.0661. The standard InChI is InChI=1S/C69H61N3O9/c1-71-67(73)62(57-38-70-59-36-53(32-34-55(57)59)76-41-48-22-10-3-11-23-48)63(68(71)74)58-39-72(60-37-54(33-35-56(58)60)77-42-49-24-12-4-13-25-49)69-66(80-45-52-30-18-7-19-31-52)65(79-44-51-28-16-6-17-29-51)64(78-43-50-26-14-5-15-27-50)61(81-69)46-75-40-47-20-8-2-9-21-47/h2-39,61,64-66,69-70H,40-46H2,1H3/t61-,64-,65+,66-,69-/m1/s1. The van der Waals surface area contributed by atoms with E-state index in [9.17, 15) is 9.59 Å². The second-order valence-electron chi connectivity index (χ2n) is 20.4. The van der Waals surface area contributed by atoms with E-state index in [2.05, 4.69) is 4.98 Å². The molecular weight excluding hydrogens is 1010 g/mol. The molecule has 12 nitrogen and oxygen atoms in total. The molecular formula is C69H61N3O9. The zero-order valence-electron chi connectivity index (χ0n) is 44.8. The summed E-state index contributed by atoms with van der Waals surface area (Å²) in [4.78, 5) is 34.3. The highest BCUT2D eigenvalue weighted by atomic mass is 16.6. The van der Waals surface area contributed by atoms with Gasteiger partial charge in [-0.3, -0.25) is 14.5 Å². The third-order valence-electron chi connectivity index (χ3n) is 14.9. The van der Waals surface area contributed by atoms with Crippen molar-refractivity contribution < 1.29 is 42.7 Å². The van der Waals surface area contributed by atoms with E-state index >= 15 is 0 Å². The van der Waals surface area contributed by atoms with Gasteiger partial charge in [-0.2, -0.15) is 0 Å². The second kappa shape index (κ2) is 24.6. The van der Waals surface area contributed by atoms with Crippen LogP contribution in [0.3, 0.4) is 0 Å². The SMILES string of the molecule is CN1C(=O)C(c2c[nH]c3cc(OCc4ccccc4)ccc23)=C(c2cn([C@@H]3O[C@H](COCc4ccccc4)[C@@H](OCc4ccccc4)[C@H](OCc4ccccc4)[C@H]3OCc3ccccc3)c3cc(OCc4ccccc4)ccc23)C1=O. The van der Waals surface area contributed by atoms with E-state index < -0.39 is 42.5 Å². The van der Waals surface area contributed by atoms with Crippen LogP contribution in [-0.2, 0) is 72.9 Å². The summed E-state index contributed by atoms with van der Waals surface area (Å²) in [5.41, 5.74) is 8.99. The zero-order chi connectivity index (χ0) is 54.9. The van der Waals surface area contributed by atoms with Gasteiger partial charge in [0, 0.05) is 59.0 Å². The fraction of sp³-hybridized carbons (Fsp3) is 0.188. The molecule has 1 N–H and O–H groups in total. The van der Waals surface area contributed by atoms with Crippen molar-refractivity contribution in [2.24, 2.45) is 0 Å². The van der Waals surface area contributed by atoms with Crippen molar-refractivity contribution >= 4 is 44.8 Å². The van der Waals surface area contributed by atoms with E-state index in [1.807, 2.05) is 229 Å². The minimum absolute atomic E-state index is 0.131. The van der Waals surface area contributed by atoms with Crippen molar-refractivity contribution in [2.45, 2.75) is 70.3 Å². The van der Waals surface area contributed by atoms with Gasteiger partial charge >= 0.3 is 0 Å². The van der Waals surface area contributed by atoms with Crippen LogP contribution in [0.25, 0.3) is 33.0 Å². The predicted octanol–water partition coefficient (Wildman–Crippen LogP) is 13.1. The number of nitrogens with one attached hydrogen (secondary N) is 1. The van der Waals surface area contributed by atoms with Crippen LogP contribution in [0.1, 0.15) is 50.7 Å². The smallest absolute Gasteiger partial charge is 0.261 e. The molecule has 12 rings (SSSR count). The van der Waals surface area contributed by atoms with Crippen LogP contribution in [0.5, 0.6) is 11.5 Å². The maximum absolute atomic E-state index is 15.0. The molecule has 81 heavy (non-hydrogen) atoms. The van der Waals surface area contributed by atoms with Crippen LogP contribution in [0.15, 0.2) is 231 Å². The molecule has 5 atom stereocenters. The number of aromatic nitrogens is 2. The molecule has 0 radical (unpaired) electrons.